The second-order valence-electron chi connectivity index (χ2n) is 5.61. The quantitative estimate of drug-likeness (QED) is 0.699. The van der Waals surface area contributed by atoms with Gasteiger partial charge in [-0.25, -0.2) is 4.98 Å². The fourth-order valence-corrected chi connectivity index (χ4v) is 3.79. The molecule has 6 nitrogen and oxygen atoms in total. The number of aryl methyl sites for hydroxylation is 2. The Labute approximate surface area is 155 Å². The SMILES string of the molecule is Cc1noc(C)c1CSc1nc(N)c(C#N)c(-c2ccccc2)c1C#N. The first-order valence-electron chi connectivity index (χ1n) is 7.80. The van der Waals surface area contributed by atoms with Crippen LogP contribution in [0.15, 0.2) is 39.9 Å². The van der Waals surface area contributed by atoms with Gasteiger partial charge in [0.2, 0.25) is 0 Å². The van der Waals surface area contributed by atoms with Crippen LogP contribution in [-0.2, 0) is 5.75 Å². The number of thioether (sulfide) groups is 1. The Bertz CT molecular complexity index is 1030. The van der Waals surface area contributed by atoms with Gasteiger partial charge in [-0.1, -0.05) is 35.5 Å². The highest BCUT2D eigenvalue weighted by molar-refractivity contribution is 7.98. The van der Waals surface area contributed by atoms with Crippen LogP contribution < -0.4 is 5.73 Å². The maximum Gasteiger partial charge on any atom is 0.143 e. The molecule has 0 aliphatic heterocycles. The number of rotatable bonds is 4. The van der Waals surface area contributed by atoms with Crippen molar-refractivity contribution in [1.82, 2.24) is 10.1 Å². The van der Waals surface area contributed by atoms with Crippen LogP contribution >= 0.6 is 11.8 Å². The van der Waals surface area contributed by atoms with Gasteiger partial charge in [0, 0.05) is 16.9 Å². The van der Waals surface area contributed by atoms with Crippen LogP contribution in [0.25, 0.3) is 11.1 Å². The van der Waals surface area contributed by atoms with Crippen molar-refractivity contribution in [2.24, 2.45) is 0 Å². The number of hydrogen-bond donors (Lipinski definition) is 1. The predicted octanol–water partition coefficient (Wildman–Crippen LogP) is 3.97. The first kappa shape index (κ1) is 17.5. The lowest BCUT2D eigenvalue weighted by molar-refractivity contribution is 0.392. The Morgan fingerprint density at radius 1 is 1.12 bits per heavy atom. The molecule has 0 fully saturated rings. The molecule has 3 rings (SSSR count). The van der Waals surface area contributed by atoms with E-state index in [1.807, 2.05) is 44.2 Å². The molecule has 0 aliphatic rings. The van der Waals surface area contributed by atoms with Gasteiger partial charge in [-0.15, -0.1) is 11.8 Å². The van der Waals surface area contributed by atoms with Gasteiger partial charge in [-0.2, -0.15) is 10.5 Å². The van der Waals surface area contributed by atoms with Crippen LogP contribution in [0.2, 0.25) is 0 Å². The fourth-order valence-electron chi connectivity index (χ4n) is 2.64. The second-order valence-corrected chi connectivity index (χ2v) is 6.57. The van der Waals surface area contributed by atoms with Gasteiger partial charge in [0.05, 0.1) is 11.3 Å². The molecule has 7 heteroatoms. The van der Waals surface area contributed by atoms with E-state index in [0.717, 1.165) is 22.6 Å². The summed E-state index contributed by atoms with van der Waals surface area (Å²) in [6.07, 6.45) is 0. The molecule has 0 radical (unpaired) electrons. The molecule has 0 aliphatic carbocycles. The highest BCUT2D eigenvalue weighted by Gasteiger charge is 2.21. The van der Waals surface area contributed by atoms with Crippen LogP contribution in [0.3, 0.4) is 0 Å². The lowest BCUT2D eigenvalue weighted by Crippen LogP contribution is -2.03. The summed E-state index contributed by atoms with van der Waals surface area (Å²) in [6.45, 7) is 3.71. The maximum atomic E-state index is 9.75. The van der Waals surface area contributed by atoms with E-state index >= 15 is 0 Å². The summed E-state index contributed by atoms with van der Waals surface area (Å²) >= 11 is 1.38. The Hall–Kier alpha value is -3.29. The fraction of sp³-hybridized carbons (Fsp3) is 0.158. The summed E-state index contributed by atoms with van der Waals surface area (Å²) in [6, 6.07) is 13.5. The lowest BCUT2D eigenvalue weighted by Gasteiger charge is -2.12. The molecule has 26 heavy (non-hydrogen) atoms. The van der Waals surface area contributed by atoms with E-state index in [9.17, 15) is 10.5 Å². The summed E-state index contributed by atoms with van der Waals surface area (Å²) in [5.41, 5.74) is 9.62. The van der Waals surface area contributed by atoms with E-state index in [1.54, 1.807) is 0 Å². The summed E-state index contributed by atoms with van der Waals surface area (Å²) in [5, 5.41) is 23.7. The Morgan fingerprint density at radius 2 is 1.81 bits per heavy atom. The van der Waals surface area contributed by atoms with Crippen molar-refractivity contribution in [3.63, 3.8) is 0 Å². The molecule has 0 saturated heterocycles. The van der Waals surface area contributed by atoms with Crippen molar-refractivity contribution in [2.45, 2.75) is 24.6 Å². The van der Waals surface area contributed by atoms with E-state index in [1.165, 1.54) is 11.8 Å². The third-order valence-electron chi connectivity index (χ3n) is 4.01. The van der Waals surface area contributed by atoms with Crippen molar-refractivity contribution in [3.8, 4) is 23.3 Å². The zero-order valence-electron chi connectivity index (χ0n) is 14.3. The molecule has 2 heterocycles. The first-order chi connectivity index (χ1) is 12.6. The average molecular weight is 361 g/mol. The number of aromatic nitrogens is 2. The zero-order chi connectivity index (χ0) is 18.7. The number of nitriles is 2. The molecule has 128 valence electrons. The Kier molecular flexibility index (Phi) is 4.92. The summed E-state index contributed by atoms with van der Waals surface area (Å²) in [5.74, 6) is 1.40. The van der Waals surface area contributed by atoms with Gasteiger partial charge in [-0.3, -0.25) is 0 Å². The number of pyridine rings is 1. The molecule has 1 aromatic carbocycles. The van der Waals surface area contributed by atoms with Gasteiger partial charge in [0.25, 0.3) is 0 Å². The molecule has 0 unspecified atom stereocenters. The smallest absolute Gasteiger partial charge is 0.143 e. The average Bonchev–Trinajstić information content (AvgIpc) is 2.98. The largest absolute Gasteiger partial charge is 0.383 e. The molecule has 0 atom stereocenters. The minimum absolute atomic E-state index is 0.117. The summed E-state index contributed by atoms with van der Waals surface area (Å²) < 4.78 is 5.18. The highest BCUT2D eigenvalue weighted by atomic mass is 32.2. The van der Waals surface area contributed by atoms with Gasteiger partial charge in [0.1, 0.15) is 34.3 Å². The normalized spacial score (nSPS) is 10.3. The number of anilines is 1. The van der Waals surface area contributed by atoms with Gasteiger partial charge in [-0.05, 0) is 19.4 Å². The standard InChI is InChI=1S/C19H15N5OS/c1-11-16(12(2)25-24-11)10-26-19-15(9-21)17(13-6-4-3-5-7-13)14(8-20)18(22)23-19/h3-7H,10H2,1-2H3,(H2,22,23). The number of nitrogens with two attached hydrogens (primary N) is 1. The number of nitrogens with zero attached hydrogens (tertiary/aromatic N) is 4. The molecule has 0 bridgehead atoms. The predicted molar refractivity (Wildman–Crippen MR) is 99.1 cm³/mol. The number of hydrogen-bond acceptors (Lipinski definition) is 7. The molecule has 2 aromatic heterocycles. The van der Waals surface area contributed by atoms with Crippen molar-refractivity contribution < 1.29 is 4.52 Å². The highest BCUT2D eigenvalue weighted by Crippen LogP contribution is 2.36. The summed E-state index contributed by atoms with van der Waals surface area (Å²) in [4.78, 5) is 4.30. The number of benzene rings is 1. The molecule has 3 aromatic rings. The molecule has 0 amide bonds. The van der Waals surface area contributed by atoms with Crippen molar-refractivity contribution in [3.05, 3.63) is 58.5 Å². The van der Waals surface area contributed by atoms with E-state index in [-0.39, 0.29) is 11.4 Å². The number of nitrogen functional groups attached to an aromatic ring is 1. The van der Waals surface area contributed by atoms with Crippen molar-refractivity contribution >= 4 is 17.6 Å². The molecular formula is C19H15N5OS. The Balaban J connectivity index is 2.11. The van der Waals surface area contributed by atoms with Crippen LogP contribution in [0, 0.1) is 36.5 Å². The molecule has 0 spiro atoms. The lowest BCUT2D eigenvalue weighted by atomic mass is 9.97. The first-order valence-corrected chi connectivity index (χ1v) is 8.79. The van der Waals surface area contributed by atoms with Gasteiger partial charge < -0.3 is 10.3 Å². The topological polar surface area (TPSA) is 113 Å². The van der Waals surface area contributed by atoms with E-state index < -0.39 is 0 Å². The van der Waals surface area contributed by atoms with Gasteiger partial charge >= 0.3 is 0 Å². The monoisotopic (exact) mass is 361 g/mol. The zero-order valence-corrected chi connectivity index (χ0v) is 15.1. The second kappa shape index (κ2) is 7.30. The molecule has 2 N–H and O–H groups in total. The van der Waals surface area contributed by atoms with E-state index in [2.05, 4.69) is 22.3 Å². The molecular weight excluding hydrogens is 346 g/mol. The van der Waals surface area contributed by atoms with Crippen LogP contribution in [0.5, 0.6) is 0 Å². The van der Waals surface area contributed by atoms with Crippen molar-refractivity contribution in [2.75, 3.05) is 5.73 Å². The maximum absolute atomic E-state index is 9.75. The molecule has 0 saturated carbocycles. The third kappa shape index (κ3) is 3.13. The summed E-state index contributed by atoms with van der Waals surface area (Å²) in [7, 11) is 0. The van der Waals surface area contributed by atoms with Crippen molar-refractivity contribution in [1.29, 1.82) is 10.5 Å². The van der Waals surface area contributed by atoms with Crippen LogP contribution in [0.1, 0.15) is 28.1 Å². The minimum atomic E-state index is 0.117. The van der Waals surface area contributed by atoms with E-state index in [4.69, 9.17) is 10.3 Å². The third-order valence-corrected chi connectivity index (χ3v) is 5.01. The van der Waals surface area contributed by atoms with E-state index in [0.29, 0.717) is 21.9 Å². The van der Waals surface area contributed by atoms with Gasteiger partial charge in [0.15, 0.2) is 0 Å². The minimum Gasteiger partial charge on any atom is -0.383 e. The Morgan fingerprint density at radius 3 is 2.38 bits per heavy atom. The van der Waals surface area contributed by atoms with Crippen LogP contribution in [-0.4, -0.2) is 10.1 Å². The van der Waals surface area contributed by atoms with Crippen LogP contribution in [0.4, 0.5) is 5.82 Å².